The van der Waals surface area contributed by atoms with Crippen LogP contribution in [0.2, 0.25) is 0 Å². The molecule has 0 spiro atoms. The summed E-state index contributed by atoms with van der Waals surface area (Å²) in [5.74, 6) is 0. The van der Waals surface area contributed by atoms with Gasteiger partial charge in [0.15, 0.2) is 0 Å². The van der Waals surface area contributed by atoms with Crippen molar-refractivity contribution in [3.63, 3.8) is 0 Å². The highest BCUT2D eigenvalue weighted by Crippen LogP contribution is 2.46. The van der Waals surface area contributed by atoms with E-state index in [-0.39, 0.29) is 11.6 Å². The number of benzene rings is 1. The van der Waals surface area contributed by atoms with Crippen molar-refractivity contribution in [3.8, 4) is 0 Å². The lowest BCUT2D eigenvalue weighted by atomic mass is 9.82. The molecule has 1 aliphatic rings. The third-order valence-electron chi connectivity index (χ3n) is 4.48. The molecule has 21 heavy (non-hydrogen) atoms. The van der Waals surface area contributed by atoms with Gasteiger partial charge >= 0.3 is 0 Å². The molecule has 1 heterocycles. The molecule has 0 amide bonds. The summed E-state index contributed by atoms with van der Waals surface area (Å²) in [7, 11) is 0. The minimum Gasteiger partial charge on any atom is -0.368 e. The zero-order valence-corrected chi connectivity index (χ0v) is 12.6. The minimum atomic E-state index is -0.291. The van der Waals surface area contributed by atoms with E-state index in [4.69, 9.17) is 4.74 Å². The molecule has 4 nitrogen and oxygen atoms in total. The number of ether oxygens (including phenoxy) is 1. The molecule has 0 saturated heterocycles. The maximum absolute atomic E-state index is 6.38. The number of nitrogens with zero attached hydrogens (tertiary/aromatic N) is 3. The van der Waals surface area contributed by atoms with Gasteiger partial charge in [0.05, 0.1) is 6.04 Å². The first-order valence-electron chi connectivity index (χ1n) is 7.90. The van der Waals surface area contributed by atoms with Crippen LogP contribution in [0.25, 0.3) is 0 Å². The lowest BCUT2D eigenvalue weighted by Gasteiger charge is -2.40. The smallest absolute Gasteiger partial charge is 0.137 e. The van der Waals surface area contributed by atoms with E-state index in [0.717, 1.165) is 12.8 Å². The van der Waals surface area contributed by atoms with Crippen LogP contribution in [0.5, 0.6) is 0 Å². The quantitative estimate of drug-likeness (QED) is 0.804. The highest BCUT2D eigenvalue weighted by molar-refractivity contribution is 5.25. The third-order valence-corrected chi connectivity index (χ3v) is 4.48. The van der Waals surface area contributed by atoms with E-state index in [1.807, 2.05) is 11.0 Å². The molecule has 2 atom stereocenters. The second-order valence-corrected chi connectivity index (χ2v) is 5.68. The third kappa shape index (κ3) is 2.72. The fourth-order valence-corrected chi connectivity index (χ4v) is 3.59. The molecule has 3 rings (SSSR count). The topological polar surface area (TPSA) is 39.9 Å². The van der Waals surface area contributed by atoms with E-state index in [1.54, 1.807) is 6.33 Å². The second kappa shape index (κ2) is 6.39. The first-order valence-corrected chi connectivity index (χ1v) is 7.90. The molecule has 0 aliphatic heterocycles. The second-order valence-electron chi connectivity index (χ2n) is 5.68. The van der Waals surface area contributed by atoms with E-state index in [0.29, 0.717) is 6.61 Å². The van der Waals surface area contributed by atoms with Gasteiger partial charge in [0.2, 0.25) is 0 Å². The molecule has 1 saturated carbocycles. The molecule has 0 N–H and O–H groups in total. The Morgan fingerprint density at radius 3 is 2.81 bits per heavy atom. The molecule has 2 aromatic rings. The van der Waals surface area contributed by atoms with Crippen LogP contribution in [0.15, 0.2) is 43.0 Å². The van der Waals surface area contributed by atoms with Crippen molar-refractivity contribution < 1.29 is 4.74 Å². The summed E-state index contributed by atoms with van der Waals surface area (Å²) in [4.78, 5) is 4.14. The van der Waals surface area contributed by atoms with E-state index >= 15 is 0 Å². The van der Waals surface area contributed by atoms with Gasteiger partial charge in [-0.2, -0.15) is 5.10 Å². The normalized spacial score (nSPS) is 26.4. The van der Waals surface area contributed by atoms with Crippen LogP contribution in [0.1, 0.15) is 50.6 Å². The van der Waals surface area contributed by atoms with Gasteiger partial charge in [-0.25, -0.2) is 9.67 Å². The summed E-state index contributed by atoms with van der Waals surface area (Å²) < 4.78 is 8.38. The van der Waals surface area contributed by atoms with Gasteiger partial charge < -0.3 is 4.74 Å². The molecule has 2 unspecified atom stereocenters. The van der Waals surface area contributed by atoms with Gasteiger partial charge in [0.25, 0.3) is 0 Å². The van der Waals surface area contributed by atoms with E-state index in [1.165, 1.54) is 24.8 Å². The maximum atomic E-state index is 6.38. The van der Waals surface area contributed by atoms with Crippen LogP contribution in [-0.4, -0.2) is 21.4 Å². The Kier molecular flexibility index (Phi) is 4.34. The Bertz CT molecular complexity index is 540. The van der Waals surface area contributed by atoms with Crippen molar-refractivity contribution in [1.29, 1.82) is 0 Å². The van der Waals surface area contributed by atoms with Gasteiger partial charge in [0.1, 0.15) is 18.3 Å². The summed E-state index contributed by atoms with van der Waals surface area (Å²) >= 11 is 0. The van der Waals surface area contributed by atoms with Crippen LogP contribution in [0, 0.1) is 0 Å². The Balaban J connectivity index is 2.08. The predicted molar refractivity (Wildman–Crippen MR) is 81.9 cm³/mol. The zero-order chi connectivity index (χ0) is 14.5. The highest BCUT2D eigenvalue weighted by Gasteiger charge is 2.43. The van der Waals surface area contributed by atoms with Crippen LogP contribution in [0.4, 0.5) is 0 Å². The van der Waals surface area contributed by atoms with Crippen molar-refractivity contribution in [2.75, 3.05) is 6.61 Å². The number of hydrogen-bond acceptors (Lipinski definition) is 3. The summed E-state index contributed by atoms with van der Waals surface area (Å²) in [5.41, 5.74) is 0.967. The molecular weight excluding hydrogens is 262 g/mol. The average Bonchev–Trinajstić information content (AvgIpc) is 2.97. The summed E-state index contributed by atoms with van der Waals surface area (Å²) in [5, 5.41) is 4.41. The molecule has 1 fully saturated rings. The Morgan fingerprint density at radius 1 is 1.24 bits per heavy atom. The van der Waals surface area contributed by atoms with Crippen LogP contribution >= 0.6 is 0 Å². The number of hydrogen-bond donors (Lipinski definition) is 0. The molecule has 0 radical (unpaired) electrons. The van der Waals surface area contributed by atoms with Crippen molar-refractivity contribution in [2.24, 2.45) is 0 Å². The first kappa shape index (κ1) is 14.3. The lowest BCUT2D eigenvalue weighted by molar-refractivity contribution is -0.0914. The Labute approximate surface area is 126 Å². The monoisotopic (exact) mass is 285 g/mol. The van der Waals surface area contributed by atoms with Crippen molar-refractivity contribution in [2.45, 2.75) is 50.7 Å². The Hall–Kier alpha value is -1.68. The average molecular weight is 285 g/mol. The van der Waals surface area contributed by atoms with Crippen molar-refractivity contribution >= 4 is 0 Å². The minimum absolute atomic E-state index is 0.213. The van der Waals surface area contributed by atoms with Crippen molar-refractivity contribution in [3.05, 3.63) is 48.5 Å². The molecule has 112 valence electrons. The molecule has 0 bridgehead atoms. The Morgan fingerprint density at radius 2 is 2.10 bits per heavy atom. The van der Waals surface area contributed by atoms with Gasteiger partial charge in [0, 0.05) is 6.61 Å². The zero-order valence-electron chi connectivity index (χ0n) is 12.6. The highest BCUT2D eigenvalue weighted by atomic mass is 16.5. The van der Waals surface area contributed by atoms with Crippen LogP contribution in [-0.2, 0) is 10.3 Å². The van der Waals surface area contributed by atoms with Gasteiger partial charge in [-0.3, -0.25) is 0 Å². The van der Waals surface area contributed by atoms with E-state index in [9.17, 15) is 0 Å². The van der Waals surface area contributed by atoms with E-state index in [2.05, 4.69) is 47.3 Å². The summed E-state index contributed by atoms with van der Waals surface area (Å²) in [6.07, 6.45) is 9.23. The fraction of sp³-hybridized carbons (Fsp3) is 0.529. The van der Waals surface area contributed by atoms with Gasteiger partial charge in [-0.1, -0.05) is 49.6 Å². The van der Waals surface area contributed by atoms with Gasteiger partial charge in [-0.15, -0.1) is 0 Å². The molecular formula is C17H23N3O. The number of rotatable bonds is 4. The molecule has 1 aromatic carbocycles. The molecule has 1 aromatic heterocycles. The summed E-state index contributed by atoms with van der Waals surface area (Å²) in [6, 6.07) is 10.8. The summed E-state index contributed by atoms with van der Waals surface area (Å²) in [6.45, 7) is 2.79. The van der Waals surface area contributed by atoms with E-state index < -0.39 is 0 Å². The standard InChI is InChI=1S/C17H23N3O/c1-2-21-17(15-9-5-3-6-10-15)12-8-4-7-11-16(17)20-14-18-13-19-20/h3,5-6,9-10,13-14,16H,2,4,7-8,11-12H2,1H3. The first-order chi connectivity index (χ1) is 10.4. The maximum Gasteiger partial charge on any atom is 0.137 e. The fourth-order valence-electron chi connectivity index (χ4n) is 3.59. The van der Waals surface area contributed by atoms with Crippen LogP contribution < -0.4 is 0 Å². The lowest BCUT2D eigenvalue weighted by Crippen LogP contribution is -2.39. The van der Waals surface area contributed by atoms with Gasteiger partial charge in [-0.05, 0) is 25.3 Å². The SMILES string of the molecule is CCOC1(c2ccccc2)CCCCCC1n1cncn1. The van der Waals surface area contributed by atoms with Crippen molar-refractivity contribution in [1.82, 2.24) is 14.8 Å². The molecule has 4 heteroatoms. The number of aromatic nitrogens is 3. The predicted octanol–water partition coefficient (Wildman–Crippen LogP) is 3.72. The largest absolute Gasteiger partial charge is 0.368 e. The van der Waals surface area contributed by atoms with Crippen LogP contribution in [0.3, 0.4) is 0 Å². The molecule has 1 aliphatic carbocycles.